The molecule has 0 aliphatic heterocycles. The highest BCUT2D eigenvalue weighted by molar-refractivity contribution is 8.56. The van der Waals surface area contributed by atoms with Crippen molar-refractivity contribution in [3.63, 3.8) is 0 Å². The SMILES string of the molecule is CCCCCCSP(=O)(N(C)C)N(C)C(=O)CCCCCCCCCCCC(Cl)Cl. The third-order valence-corrected chi connectivity index (χ3v) is 11.8. The summed E-state index contributed by atoms with van der Waals surface area (Å²) in [6.45, 7) is -0.670. The van der Waals surface area contributed by atoms with E-state index in [9.17, 15) is 9.36 Å². The Balaban J connectivity index is 3.97. The average Bonchev–Trinajstić information content (AvgIpc) is 2.70. The molecule has 1 unspecified atom stereocenters. The molecule has 0 fully saturated rings. The van der Waals surface area contributed by atoms with Crippen molar-refractivity contribution in [3.8, 4) is 0 Å². The molecule has 0 aromatic heterocycles. The first-order valence-electron chi connectivity index (χ1n) is 11.7. The number of amides is 1. The molecule has 0 heterocycles. The molecule has 30 heavy (non-hydrogen) atoms. The van der Waals surface area contributed by atoms with Gasteiger partial charge in [0.15, 0.2) is 0 Å². The lowest BCUT2D eigenvalue weighted by molar-refractivity contribution is -0.125. The number of carbonyl (C=O) groups is 1. The minimum Gasteiger partial charge on any atom is -0.276 e. The maximum absolute atomic E-state index is 13.4. The van der Waals surface area contributed by atoms with E-state index < -0.39 is 6.65 Å². The zero-order valence-electron chi connectivity index (χ0n) is 19.7. The standard InChI is InChI=1S/C22H45Cl2N2O2PS/c1-5-6-7-17-20-30-29(28,25(2)3)26(4)22(27)19-16-14-12-10-8-9-11-13-15-18-21(23)24/h21H,5-20H2,1-4H3. The Labute approximate surface area is 200 Å². The minimum absolute atomic E-state index is 0.00461. The quantitative estimate of drug-likeness (QED) is 0.0948. The lowest BCUT2D eigenvalue weighted by atomic mass is 10.1. The van der Waals surface area contributed by atoms with Crippen LogP contribution < -0.4 is 0 Å². The van der Waals surface area contributed by atoms with Gasteiger partial charge in [-0.05, 0) is 33.4 Å². The van der Waals surface area contributed by atoms with Crippen molar-refractivity contribution in [1.29, 1.82) is 0 Å². The van der Waals surface area contributed by atoms with Gasteiger partial charge in [0.1, 0.15) is 4.84 Å². The second kappa shape index (κ2) is 19.1. The zero-order valence-corrected chi connectivity index (χ0v) is 22.9. The van der Waals surface area contributed by atoms with Crippen LogP contribution in [0.15, 0.2) is 0 Å². The third kappa shape index (κ3) is 14.6. The molecule has 0 aliphatic carbocycles. The molecule has 0 rings (SSSR count). The molecule has 180 valence electrons. The molecule has 4 nitrogen and oxygen atoms in total. The van der Waals surface area contributed by atoms with Crippen molar-refractivity contribution in [1.82, 2.24) is 9.34 Å². The molecule has 0 N–H and O–H groups in total. The lowest BCUT2D eigenvalue weighted by Gasteiger charge is -2.32. The van der Waals surface area contributed by atoms with Crippen molar-refractivity contribution in [3.05, 3.63) is 0 Å². The fourth-order valence-corrected chi connectivity index (χ4v) is 8.09. The highest BCUT2D eigenvalue weighted by Gasteiger charge is 2.34. The summed E-state index contributed by atoms with van der Waals surface area (Å²) in [5.41, 5.74) is 0. The van der Waals surface area contributed by atoms with Gasteiger partial charge in [0.05, 0.1) is 0 Å². The van der Waals surface area contributed by atoms with E-state index in [2.05, 4.69) is 6.92 Å². The van der Waals surface area contributed by atoms with E-state index >= 15 is 0 Å². The Morgan fingerprint density at radius 2 is 1.33 bits per heavy atom. The van der Waals surface area contributed by atoms with Gasteiger partial charge in [0.2, 0.25) is 5.91 Å². The Bertz CT molecular complexity index is 482. The number of hydrogen-bond donors (Lipinski definition) is 0. The second-order valence-electron chi connectivity index (χ2n) is 8.26. The summed E-state index contributed by atoms with van der Waals surface area (Å²) in [6, 6.07) is 0. The first-order chi connectivity index (χ1) is 14.3. The number of rotatable bonds is 20. The maximum atomic E-state index is 13.4. The Morgan fingerprint density at radius 1 is 0.833 bits per heavy atom. The van der Waals surface area contributed by atoms with Gasteiger partial charge in [-0.25, -0.2) is 4.67 Å². The molecule has 0 spiro atoms. The van der Waals surface area contributed by atoms with Gasteiger partial charge in [-0.2, -0.15) is 0 Å². The summed E-state index contributed by atoms with van der Waals surface area (Å²) in [6.07, 6.45) is 16.4. The molecule has 0 aromatic rings. The van der Waals surface area contributed by atoms with E-state index in [-0.39, 0.29) is 10.7 Å². The number of unbranched alkanes of at least 4 members (excludes halogenated alkanes) is 11. The molecule has 0 aliphatic rings. The number of halogens is 2. The van der Waals surface area contributed by atoms with Gasteiger partial charge in [-0.15, -0.1) is 23.2 Å². The molecule has 0 saturated heterocycles. The van der Waals surface area contributed by atoms with E-state index in [1.165, 1.54) is 67.4 Å². The summed E-state index contributed by atoms with van der Waals surface area (Å²) in [7, 11) is 5.33. The molecule has 1 amide bonds. The summed E-state index contributed by atoms with van der Waals surface area (Å²) in [4.78, 5) is 12.4. The highest BCUT2D eigenvalue weighted by Crippen LogP contribution is 2.62. The fraction of sp³-hybridized carbons (Fsp3) is 0.955. The molecule has 8 heteroatoms. The average molecular weight is 504 g/mol. The number of alkyl halides is 2. The van der Waals surface area contributed by atoms with Crippen LogP contribution >= 0.6 is 41.2 Å². The van der Waals surface area contributed by atoms with Crippen LogP contribution in [0.2, 0.25) is 0 Å². The van der Waals surface area contributed by atoms with Crippen LogP contribution in [0.1, 0.15) is 103 Å². The topological polar surface area (TPSA) is 40.6 Å². The predicted molar refractivity (Wildman–Crippen MR) is 137 cm³/mol. The number of nitrogens with zero attached hydrogens (tertiary/aromatic N) is 2. The summed E-state index contributed by atoms with van der Waals surface area (Å²) in [5, 5.41) is 0. The smallest absolute Gasteiger partial charge is 0.276 e. The van der Waals surface area contributed by atoms with E-state index in [0.717, 1.165) is 44.3 Å². The molecule has 0 bridgehead atoms. The normalized spacial score (nSPS) is 13.7. The minimum atomic E-state index is -2.86. The van der Waals surface area contributed by atoms with Crippen LogP contribution in [0.5, 0.6) is 0 Å². The molecular formula is C22H45Cl2N2O2PS. The van der Waals surface area contributed by atoms with E-state index in [1.54, 1.807) is 11.7 Å². The van der Waals surface area contributed by atoms with Gasteiger partial charge >= 0.3 is 0 Å². The third-order valence-electron chi connectivity index (χ3n) is 5.32. The molecule has 1 atom stereocenters. The Hall–Kier alpha value is 0.590. The largest absolute Gasteiger partial charge is 0.296 e. The van der Waals surface area contributed by atoms with Crippen molar-refractivity contribution >= 4 is 47.1 Å². The number of carbonyl (C=O) groups excluding carboxylic acids is 1. The second-order valence-corrected chi connectivity index (χ2v) is 14.8. The van der Waals surface area contributed by atoms with Gasteiger partial charge in [-0.1, -0.05) is 88.9 Å². The maximum Gasteiger partial charge on any atom is 0.296 e. The molecule has 0 aromatic carbocycles. The molecule has 0 saturated carbocycles. The lowest BCUT2D eigenvalue weighted by Crippen LogP contribution is -2.28. The van der Waals surface area contributed by atoms with Gasteiger partial charge < -0.3 is 0 Å². The fourth-order valence-electron chi connectivity index (χ4n) is 3.30. The Morgan fingerprint density at radius 3 is 1.83 bits per heavy atom. The predicted octanol–water partition coefficient (Wildman–Crippen LogP) is 8.52. The summed E-state index contributed by atoms with van der Waals surface area (Å²) in [5.74, 6) is 0.843. The summed E-state index contributed by atoms with van der Waals surface area (Å²) < 4.78 is 16.6. The van der Waals surface area contributed by atoms with Crippen LogP contribution in [0, 0.1) is 0 Å². The van der Waals surface area contributed by atoms with Crippen LogP contribution in [-0.4, -0.2) is 47.0 Å². The van der Waals surface area contributed by atoms with E-state index in [0.29, 0.717) is 6.42 Å². The first-order valence-corrected chi connectivity index (χ1v) is 15.8. The van der Waals surface area contributed by atoms with Crippen LogP contribution in [0.3, 0.4) is 0 Å². The van der Waals surface area contributed by atoms with Crippen molar-refractivity contribution < 1.29 is 9.36 Å². The van der Waals surface area contributed by atoms with Gasteiger partial charge in [0, 0.05) is 19.2 Å². The van der Waals surface area contributed by atoms with Crippen molar-refractivity contribution in [2.24, 2.45) is 0 Å². The van der Waals surface area contributed by atoms with Crippen molar-refractivity contribution in [2.75, 3.05) is 26.9 Å². The van der Waals surface area contributed by atoms with Crippen molar-refractivity contribution in [2.45, 2.75) is 108 Å². The van der Waals surface area contributed by atoms with Crippen LogP contribution in [0.4, 0.5) is 0 Å². The molecular weight excluding hydrogens is 458 g/mol. The van der Waals surface area contributed by atoms with Gasteiger partial charge in [0.25, 0.3) is 6.65 Å². The molecule has 0 radical (unpaired) electrons. The number of hydrogen-bond acceptors (Lipinski definition) is 3. The van der Waals surface area contributed by atoms with Crippen LogP contribution in [0.25, 0.3) is 0 Å². The monoisotopic (exact) mass is 502 g/mol. The summed E-state index contributed by atoms with van der Waals surface area (Å²) >= 11 is 12.9. The first kappa shape index (κ1) is 30.6. The zero-order chi connectivity index (χ0) is 22.8. The van der Waals surface area contributed by atoms with Gasteiger partial charge in [-0.3, -0.25) is 14.0 Å². The highest BCUT2D eigenvalue weighted by atomic mass is 35.5. The van der Waals surface area contributed by atoms with E-state index in [1.807, 2.05) is 14.1 Å². The van der Waals surface area contributed by atoms with E-state index in [4.69, 9.17) is 23.2 Å². The Kier molecular flexibility index (Phi) is 19.5. The van der Waals surface area contributed by atoms with Crippen LogP contribution in [-0.2, 0) is 9.36 Å².